The first kappa shape index (κ1) is 12.1. The van der Waals surface area contributed by atoms with Gasteiger partial charge in [-0.2, -0.15) is 0 Å². The second-order valence-corrected chi connectivity index (χ2v) is 5.04. The van der Waals surface area contributed by atoms with Crippen LogP contribution in [-0.2, 0) is 0 Å². The molecule has 15 heavy (non-hydrogen) atoms. The molecule has 1 rings (SSSR count). The second-order valence-electron chi connectivity index (χ2n) is 4.26. The Morgan fingerprint density at radius 1 is 1.47 bits per heavy atom. The molecule has 0 fully saturated rings. The third kappa shape index (κ3) is 4.35. The molecule has 0 bridgehead atoms. The van der Waals surface area contributed by atoms with Crippen LogP contribution in [0.2, 0.25) is 0 Å². The maximum Gasteiger partial charge on any atom is 0.209 e. The molecule has 0 aliphatic heterocycles. The SMILES string of the molecule is CC(C)(C)C#CCC(=O)c1ccc(Br)o1. The number of hydrogen-bond donors (Lipinski definition) is 0. The highest BCUT2D eigenvalue weighted by atomic mass is 79.9. The Labute approximate surface area is 98.2 Å². The minimum absolute atomic E-state index is 0.0654. The molecule has 0 aliphatic carbocycles. The molecule has 0 atom stereocenters. The zero-order valence-corrected chi connectivity index (χ0v) is 10.6. The van der Waals surface area contributed by atoms with Gasteiger partial charge in [0.2, 0.25) is 5.78 Å². The smallest absolute Gasteiger partial charge is 0.209 e. The van der Waals surface area contributed by atoms with E-state index in [2.05, 4.69) is 27.8 Å². The van der Waals surface area contributed by atoms with Gasteiger partial charge in [0.25, 0.3) is 0 Å². The molecule has 0 aliphatic rings. The van der Waals surface area contributed by atoms with E-state index in [1.165, 1.54) is 0 Å². The van der Waals surface area contributed by atoms with Crippen LogP contribution in [0.3, 0.4) is 0 Å². The van der Waals surface area contributed by atoms with E-state index in [1.54, 1.807) is 12.1 Å². The van der Waals surface area contributed by atoms with Crippen molar-refractivity contribution >= 4 is 21.7 Å². The van der Waals surface area contributed by atoms with Crippen LogP contribution in [0.4, 0.5) is 0 Å². The van der Waals surface area contributed by atoms with Gasteiger partial charge in [-0.25, -0.2) is 0 Å². The van der Waals surface area contributed by atoms with Gasteiger partial charge in [0.15, 0.2) is 10.4 Å². The van der Waals surface area contributed by atoms with Crippen LogP contribution in [0.15, 0.2) is 21.2 Å². The number of furan rings is 1. The van der Waals surface area contributed by atoms with Crippen molar-refractivity contribution in [3.63, 3.8) is 0 Å². The molecule has 0 radical (unpaired) electrons. The highest BCUT2D eigenvalue weighted by Gasteiger charge is 2.09. The van der Waals surface area contributed by atoms with E-state index in [-0.39, 0.29) is 17.6 Å². The molecule has 0 amide bonds. The summed E-state index contributed by atoms with van der Waals surface area (Å²) in [4.78, 5) is 11.5. The van der Waals surface area contributed by atoms with E-state index in [0.717, 1.165) is 0 Å². The van der Waals surface area contributed by atoms with E-state index in [1.807, 2.05) is 20.8 Å². The van der Waals surface area contributed by atoms with Crippen molar-refractivity contribution in [3.8, 4) is 11.8 Å². The summed E-state index contributed by atoms with van der Waals surface area (Å²) < 4.78 is 5.69. The van der Waals surface area contributed by atoms with Gasteiger partial charge < -0.3 is 4.42 Å². The normalized spacial score (nSPS) is 10.7. The quantitative estimate of drug-likeness (QED) is 0.605. The molecular formula is C12H13BrO2. The van der Waals surface area contributed by atoms with Gasteiger partial charge in [-0.1, -0.05) is 11.8 Å². The summed E-state index contributed by atoms with van der Waals surface area (Å²) in [5.41, 5.74) is -0.0654. The van der Waals surface area contributed by atoms with Gasteiger partial charge in [-0.15, -0.1) is 0 Å². The zero-order chi connectivity index (χ0) is 11.5. The summed E-state index contributed by atoms with van der Waals surface area (Å²) in [6.45, 7) is 6.02. The predicted molar refractivity (Wildman–Crippen MR) is 62.6 cm³/mol. The van der Waals surface area contributed by atoms with Crippen molar-refractivity contribution in [1.29, 1.82) is 0 Å². The molecule has 1 aromatic heterocycles. The first-order chi connectivity index (χ1) is 6.88. The molecule has 0 aromatic carbocycles. The lowest BCUT2D eigenvalue weighted by atomic mass is 9.98. The van der Waals surface area contributed by atoms with Crippen LogP contribution in [0.1, 0.15) is 37.7 Å². The van der Waals surface area contributed by atoms with Crippen molar-refractivity contribution in [1.82, 2.24) is 0 Å². The molecule has 0 saturated heterocycles. The van der Waals surface area contributed by atoms with Crippen LogP contribution in [0, 0.1) is 17.3 Å². The lowest BCUT2D eigenvalue weighted by Crippen LogP contribution is -2.00. The maximum atomic E-state index is 11.5. The Kier molecular flexibility index (Phi) is 3.76. The van der Waals surface area contributed by atoms with E-state index in [0.29, 0.717) is 10.4 Å². The highest BCUT2D eigenvalue weighted by molar-refractivity contribution is 9.10. The van der Waals surface area contributed by atoms with Crippen LogP contribution < -0.4 is 0 Å². The van der Waals surface area contributed by atoms with Crippen LogP contribution in [-0.4, -0.2) is 5.78 Å². The van der Waals surface area contributed by atoms with E-state index >= 15 is 0 Å². The standard InChI is InChI=1S/C12H13BrO2/c1-12(2,3)8-4-5-9(14)10-6-7-11(13)15-10/h6-7H,5H2,1-3H3. The Morgan fingerprint density at radius 2 is 2.13 bits per heavy atom. The topological polar surface area (TPSA) is 30.2 Å². The number of hydrogen-bond acceptors (Lipinski definition) is 2. The Morgan fingerprint density at radius 3 is 2.60 bits per heavy atom. The van der Waals surface area contributed by atoms with Crippen LogP contribution >= 0.6 is 15.9 Å². The molecule has 2 nitrogen and oxygen atoms in total. The number of ketones is 1. The number of halogens is 1. The number of rotatable bonds is 2. The molecule has 0 N–H and O–H groups in total. The third-order valence-corrected chi connectivity index (χ3v) is 1.99. The highest BCUT2D eigenvalue weighted by Crippen LogP contribution is 2.15. The minimum atomic E-state index is -0.0857. The summed E-state index contributed by atoms with van der Waals surface area (Å²) in [5.74, 6) is 6.13. The fourth-order valence-corrected chi connectivity index (χ4v) is 1.25. The summed E-state index contributed by atoms with van der Waals surface area (Å²) in [6, 6.07) is 3.34. The molecule has 0 saturated carbocycles. The van der Waals surface area contributed by atoms with Crippen molar-refractivity contribution < 1.29 is 9.21 Å². The monoisotopic (exact) mass is 268 g/mol. The molecule has 0 unspecified atom stereocenters. The van der Waals surface area contributed by atoms with Gasteiger partial charge in [0, 0.05) is 5.41 Å². The number of carbonyl (C=O) groups is 1. The second kappa shape index (κ2) is 4.67. The molecule has 1 heterocycles. The van der Waals surface area contributed by atoms with Crippen LogP contribution in [0.5, 0.6) is 0 Å². The fraction of sp³-hybridized carbons (Fsp3) is 0.417. The van der Waals surface area contributed by atoms with Gasteiger partial charge in [0.1, 0.15) is 0 Å². The number of carbonyl (C=O) groups excluding carboxylic acids is 1. The summed E-state index contributed by atoms with van der Waals surface area (Å²) in [7, 11) is 0. The molecular weight excluding hydrogens is 256 g/mol. The summed E-state index contributed by atoms with van der Waals surface area (Å²) in [5, 5.41) is 0. The van der Waals surface area contributed by atoms with E-state index in [9.17, 15) is 4.79 Å². The predicted octanol–water partition coefficient (Wildman–Crippen LogP) is 3.66. The number of Topliss-reactive ketones (excluding diaryl/α,β-unsaturated/α-hetero) is 1. The maximum absolute atomic E-state index is 11.5. The van der Waals surface area contributed by atoms with Crippen molar-refractivity contribution in [2.24, 2.45) is 5.41 Å². The van der Waals surface area contributed by atoms with Gasteiger partial charge in [0.05, 0.1) is 6.42 Å². The van der Waals surface area contributed by atoms with Gasteiger partial charge >= 0.3 is 0 Å². The van der Waals surface area contributed by atoms with Gasteiger partial charge in [-0.3, -0.25) is 4.79 Å². The summed E-state index contributed by atoms with van der Waals surface area (Å²) in [6.07, 6.45) is 0.206. The van der Waals surface area contributed by atoms with Crippen molar-refractivity contribution in [3.05, 3.63) is 22.6 Å². The largest absolute Gasteiger partial charge is 0.446 e. The van der Waals surface area contributed by atoms with Crippen molar-refractivity contribution in [2.45, 2.75) is 27.2 Å². The van der Waals surface area contributed by atoms with Gasteiger partial charge in [-0.05, 0) is 48.8 Å². The fourth-order valence-electron chi connectivity index (χ4n) is 0.941. The minimum Gasteiger partial charge on any atom is -0.446 e. The average molecular weight is 269 g/mol. The third-order valence-electron chi connectivity index (χ3n) is 1.56. The first-order valence-electron chi connectivity index (χ1n) is 4.67. The average Bonchev–Trinajstić information content (AvgIpc) is 2.49. The first-order valence-corrected chi connectivity index (χ1v) is 5.46. The summed E-state index contributed by atoms with van der Waals surface area (Å²) >= 11 is 3.15. The van der Waals surface area contributed by atoms with Crippen molar-refractivity contribution in [2.75, 3.05) is 0 Å². The van der Waals surface area contributed by atoms with E-state index < -0.39 is 0 Å². The Hall–Kier alpha value is -1.01. The Bertz CT molecular complexity index is 413. The van der Waals surface area contributed by atoms with E-state index in [4.69, 9.17) is 4.42 Å². The molecule has 0 spiro atoms. The van der Waals surface area contributed by atoms with Crippen LogP contribution in [0.25, 0.3) is 0 Å². The lowest BCUT2D eigenvalue weighted by molar-refractivity contribution is 0.0970. The molecule has 80 valence electrons. The molecule has 3 heteroatoms. The zero-order valence-electron chi connectivity index (χ0n) is 9.06. The molecule has 1 aromatic rings. The Balaban J connectivity index is 2.60. The lowest BCUT2D eigenvalue weighted by Gasteiger charge is -2.06.